The number of carboxylic acid groups (broad SMARTS) is 2. The number of hydrogen-bond acceptors (Lipinski definition) is 7. The number of carboxylic acids is 2. The van der Waals surface area contributed by atoms with E-state index in [1.54, 1.807) is 0 Å². The predicted molar refractivity (Wildman–Crippen MR) is 101 cm³/mol. The Hall–Kier alpha value is -1.89. The largest absolute Gasteiger partial charge is 2.00 e. The van der Waals surface area contributed by atoms with Gasteiger partial charge in [-0.15, -0.1) is 0 Å². The summed E-state index contributed by atoms with van der Waals surface area (Å²) in [6.45, 7) is 2.87. The van der Waals surface area contributed by atoms with E-state index >= 15 is 0 Å². The average molecular weight is 439 g/mol. The van der Waals surface area contributed by atoms with Gasteiger partial charge >= 0.3 is 17.1 Å². The van der Waals surface area contributed by atoms with E-state index in [0.29, 0.717) is 0 Å². The summed E-state index contributed by atoms with van der Waals surface area (Å²) in [7, 11) is 0. The zero-order valence-electron chi connectivity index (χ0n) is 16.4. The van der Waals surface area contributed by atoms with Crippen molar-refractivity contribution in [1.29, 1.82) is 0 Å². The molecule has 1 unspecified atom stereocenters. The van der Waals surface area contributed by atoms with E-state index in [2.05, 4.69) is 34.6 Å². The van der Waals surface area contributed by atoms with Crippen LogP contribution in [0.25, 0.3) is 0 Å². The molecule has 1 saturated carbocycles. The number of carbonyl (C=O) groups is 2. The standard InChI is InChI=1S/C16H23N3.2C2H4O2.Cu/c17-15-10-11-18-16(19-15)14-8-6-13(7-9-14)12-4-2-1-3-5-12;2*1-2(3)4;/h6-9,12,16,18H,1-5,10-11H2,(H2,17,19);2*1H3,(H,3,4);/q;;;+2/p-2. The van der Waals surface area contributed by atoms with Crippen LogP contribution in [0.4, 0.5) is 0 Å². The first-order chi connectivity index (χ1) is 12.8. The van der Waals surface area contributed by atoms with Crippen molar-refractivity contribution in [2.45, 2.75) is 64.5 Å². The van der Waals surface area contributed by atoms with Gasteiger partial charge in [-0.1, -0.05) is 43.5 Å². The molecule has 1 aliphatic carbocycles. The zero-order valence-corrected chi connectivity index (χ0v) is 17.3. The number of nitrogens with two attached hydrogens (primary N) is 1. The fourth-order valence-corrected chi connectivity index (χ4v) is 3.19. The Bertz CT molecular complexity index is 609. The fraction of sp³-hybridized carbons (Fsp3) is 0.550. The molecule has 0 bridgehead atoms. The van der Waals surface area contributed by atoms with Crippen LogP contribution in [-0.4, -0.2) is 24.3 Å². The minimum Gasteiger partial charge on any atom is -0.550 e. The summed E-state index contributed by atoms with van der Waals surface area (Å²) >= 11 is 0. The van der Waals surface area contributed by atoms with Gasteiger partial charge in [0.15, 0.2) is 0 Å². The Morgan fingerprint density at radius 1 is 1.00 bits per heavy atom. The molecule has 28 heavy (non-hydrogen) atoms. The van der Waals surface area contributed by atoms with Crippen molar-refractivity contribution < 1.29 is 36.9 Å². The molecule has 1 aliphatic heterocycles. The van der Waals surface area contributed by atoms with E-state index < -0.39 is 11.9 Å². The molecular formula is C20H29CuN3O4. The van der Waals surface area contributed by atoms with Crippen LogP contribution in [0.3, 0.4) is 0 Å². The summed E-state index contributed by atoms with van der Waals surface area (Å²) in [6, 6.07) is 8.99. The molecule has 1 fully saturated rings. The molecule has 1 aromatic carbocycles. The van der Waals surface area contributed by atoms with Crippen molar-refractivity contribution in [2.24, 2.45) is 10.7 Å². The summed E-state index contributed by atoms with van der Waals surface area (Å²) in [5.41, 5.74) is 8.54. The van der Waals surface area contributed by atoms with E-state index in [1.165, 1.54) is 43.2 Å². The van der Waals surface area contributed by atoms with E-state index in [9.17, 15) is 0 Å². The maximum absolute atomic E-state index is 8.89. The summed E-state index contributed by atoms with van der Waals surface area (Å²) in [5, 5.41) is 21.2. The van der Waals surface area contributed by atoms with Crippen molar-refractivity contribution in [3.05, 3.63) is 35.4 Å². The number of amidine groups is 1. The number of carbonyl (C=O) groups excluding carboxylic acids is 2. The minimum absolute atomic E-state index is 0. The second kappa shape index (κ2) is 14.2. The van der Waals surface area contributed by atoms with Crippen LogP contribution in [0.1, 0.15) is 75.6 Å². The normalized spacial score (nSPS) is 18.8. The Labute approximate surface area is 177 Å². The third-order valence-corrected chi connectivity index (χ3v) is 4.34. The van der Waals surface area contributed by atoms with Crippen molar-refractivity contribution in [1.82, 2.24) is 5.32 Å². The summed E-state index contributed by atoms with van der Waals surface area (Å²) in [5.74, 6) is -0.629. The third kappa shape index (κ3) is 11.1. The van der Waals surface area contributed by atoms with E-state index in [-0.39, 0.29) is 23.2 Å². The number of aliphatic imine (C=N–C) groups is 1. The van der Waals surface area contributed by atoms with Gasteiger partial charge in [-0.05, 0) is 43.7 Å². The Balaban J connectivity index is 0.000000697. The monoisotopic (exact) mass is 438 g/mol. The average Bonchev–Trinajstić information content (AvgIpc) is 2.62. The van der Waals surface area contributed by atoms with Gasteiger partial charge in [0.05, 0.1) is 5.84 Å². The topological polar surface area (TPSA) is 131 Å². The van der Waals surface area contributed by atoms with E-state index in [0.717, 1.165) is 38.6 Å². The Morgan fingerprint density at radius 3 is 1.93 bits per heavy atom. The number of nitrogens with zero attached hydrogens (tertiary/aromatic N) is 1. The summed E-state index contributed by atoms with van der Waals surface area (Å²) < 4.78 is 0. The van der Waals surface area contributed by atoms with Gasteiger partial charge in [0.1, 0.15) is 6.17 Å². The van der Waals surface area contributed by atoms with Gasteiger partial charge in [0, 0.05) is 24.9 Å². The first-order valence-corrected chi connectivity index (χ1v) is 9.30. The quantitative estimate of drug-likeness (QED) is 0.650. The van der Waals surface area contributed by atoms with Crippen LogP contribution in [0.2, 0.25) is 0 Å². The van der Waals surface area contributed by atoms with Gasteiger partial charge in [-0.3, -0.25) is 5.32 Å². The molecular weight excluding hydrogens is 410 g/mol. The first kappa shape index (κ1) is 26.1. The number of aliphatic carboxylic acids is 2. The van der Waals surface area contributed by atoms with E-state index in [1.807, 2.05) is 0 Å². The smallest absolute Gasteiger partial charge is 0.550 e. The van der Waals surface area contributed by atoms with Crippen LogP contribution in [0.15, 0.2) is 29.3 Å². The Kier molecular flexibility index (Phi) is 13.2. The molecule has 1 radical (unpaired) electrons. The molecule has 1 atom stereocenters. The van der Waals surface area contributed by atoms with Crippen molar-refractivity contribution in [2.75, 3.05) is 6.54 Å². The van der Waals surface area contributed by atoms with Crippen molar-refractivity contribution >= 4 is 17.8 Å². The number of rotatable bonds is 2. The molecule has 2 aliphatic rings. The van der Waals surface area contributed by atoms with Gasteiger partial charge < -0.3 is 25.5 Å². The maximum Gasteiger partial charge on any atom is 2.00 e. The maximum atomic E-state index is 8.89. The molecule has 0 spiro atoms. The first-order valence-electron chi connectivity index (χ1n) is 9.30. The molecule has 7 nitrogen and oxygen atoms in total. The van der Waals surface area contributed by atoms with Crippen molar-refractivity contribution in [3.63, 3.8) is 0 Å². The molecule has 3 N–H and O–H groups in total. The molecule has 3 rings (SSSR count). The van der Waals surface area contributed by atoms with Crippen LogP contribution >= 0.6 is 0 Å². The number of nitrogens with one attached hydrogen (secondary N) is 1. The van der Waals surface area contributed by atoms with Gasteiger partial charge in [0.25, 0.3) is 0 Å². The van der Waals surface area contributed by atoms with Gasteiger partial charge in [-0.2, -0.15) is 0 Å². The number of benzene rings is 1. The molecule has 1 aromatic rings. The minimum atomic E-state index is -1.08. The molecule has 0 saturated heterocycles. The SMILES string of the molecule is CC(=O)[O-].CC(=O)[O-].NC1=NC(c2ccc(C3CCCCC3)cc2)NCC1.[Cu+2]. The zero-order chi connectivity index (χ0) is 20.2. The van der Waals surface area contributed by atoms with Crippen molar-refractivity contribution in [3.8, 4) is 0 Å². The molecule has 8 heteroatoms. The Morgan fingerprint density at radius 2 is 1.46 bits per heavy atom. The third-order valence-electron chi connectivity index (χ3n) is 4.34. The molecule has 1 heterocycles. The second-order valence-electron chi connectivity index (χ2n) is 6.71. The van der Waals surface area contributed by atoms with Crippen LogP contribution < -0.4 is 21.3 Å². The van der Waals surface area contributed by atoms with Gasteiger partial charge in [-0.25, -0.2) is 4.99 Å². The fourth-order valence-electron chi connectivity index (χ4n) is 3.19. The predicted octanol–water partition coefficient (Wildman–Crippen LogP) is 0.593. The summed E-state index contributed by atoms with van der Waals surface area (Å²) in [6.07, 6.45) is 7.80. The van der Waals surface area contributed by atoms with Crippen LogP contribution in [0, 0.1) is 0 Å². The molecule has 159 valence electrons. The number of hydrogen-bond donors (Lipinski definition) is 2. The van der Waals surface area contributed by atoms with Gasteiger partial charge in [0.2, 0.25) is 0 Å². The van der Waals surface area contributed by atoms with Crippen LogP contribution in [-0.2, 0) is 26.7 Å². The summed E-state index contributed by atoms with van der Waals surface area (Å²) in [4.78, 5) is 22.3. The second-order valence-corrected chi connectivity index (χ2v) is 6.71. The molecule has 0 amide bonds. The van der Waals surface area contributed by atoms with E-state index in [4.69, 9.17) is 25.5 Å². The van der Waals surface area contributed by atoms with Crippen LogP contribution in [0.5, 0.6) is 0 Å². The molecule has 0 aromatic heterocycles.